The quantitative estimate of drug-likeness (QED) is 0.878. The molecular weight excluding hydrogens is 273 g/mol. The molecule has 0 radical (unpaired) electrons. The number of thiazole rings is 1. The van der Waals surface area contributed by atoms with Crippen molar-refractivity contribution in [3.05, 3.63) is 41.2 Å². The van der Waals surface area contributed by atoms with E-state index < -0.39 is 0 Å². The van der Waals surface area contributed by atoms with Crippen LogP contribution in [0, 0.1) is 11.7 Å². The number of anilines is 2. The normalized spacial score (nSPS) is 11.1. The molecule has 20 heavy (non-hydrogen) atoms. The second-order valence-electron chi connectivity index (χ2n) is 5.14. The Bertz CT molecular complexity index is 554. The van der Waals surface area contributed by atoms with Gasteiger partial charge in [-0.05, 0) is 24.6 Å². The number of benzene rings is 1. The van der Waals surface area contributed by atoms with Gasteiger partial charge >= 0.3 is 0 Å². The molecule has 0 amide bonds. The van der Waals surface area contributed by atoms with Gasteiger partial charge in [0.1, 0.15) is 5.82 Å². The molecular formula is C15H20FN3S. The fourth-order valence-electron chi connectivity index (χ4n) is 1.84. The van der Waals surface area contributed by atoms with E-state index in [-0.39, 0.29) is 5.82 Å². The molecule has 0 spiro atoms. The lowest BCUT2D eigenvalue weighted by molar-refractivity contribution is 0.554. The molecule has 0 bridgehead atoms. The Morgan fingerprint density at radius 1 is 1.35 bits per heavy atom. The Balaban J connectivity index is 2.03. The molecule has 0 saturated heterocycles. The molecule has 0 unspecified atom stereocenters. The molecule has 3 nitrogen and oxygen atoms in total. The monoisotopic (exact) mass is 293 g/mol. The first kappa shape index (κ1) is 14.9. The molecule has 0 fully saturated rings. The summed E-state index contributed by atoms with van der Waals surface area (Å²) in [6.07, 6.45) is 1.85. The number of rotatable bonds is 6. The van der Waals surface area contributed by atoms with Crippen LogP contribution in [0.3, 0.4) is 0 Å². The highest BCUT2D eigenvalue weighted by Gasteiger charge is 2.12. The van der Waals surface area contributed by atoms with Crippen molar-refractivity contribution in [3.63, 3.8) is 0 Å². The van der Waals surface area contributed by atoms with Crippen molar-refractivity contribution in [3.8, 4) is 0 Å². The Morgan fingerprint density at radius 2 is 2.10 bits per heavy atom. The van der Waals surface area contributed by atoms with Gasteiger partial charge < -0.3 is 10.2 Å². The zero-order valence-electron chi connectivity index (χ0n) is 12.1. The van der Waals surface area contributed by atoms with Gasteiger partial charge in [-0.3, -0.25) is 0 Å². The summed E-state index contributed by atoms with van der Waals surface area (Å²) in [7, 11) is 1.84. The van der Waals surface area contributed by atoms with Crippen LogP contribution in [-0.4, -0.2) is 18.6 Å². The maximum atomic E-state index is 13.7. The fraction of sp³-hybridized carbons (Fsp3) is 0.400. The lowest BCUT2D eigenvalue weighted by atomic mass is 10.2. The maximum Gasteiger partial charge on any atom is 0.189 e. The van der Waals surface area contributed by atoms with E-state index in [0.717, 1.165) is 23.1 Å². The molecule has 1 aromatic heterocycles. The molecule has 1 N–H and O–H groups in total. The van der Waals surface area contributed by atoms with E-state index in [4.69, 9.17) is 0 Å². The van der Waals surface area contributed by atoms with Crippen molar-refractivity contribution in [1.29, 1.82) is 0 Å². The molecule has 0 aliphatic rings. The van der Waals surface area contributed by atoms with E-state index in [2.05, 4.69) is 24.1 Å². The molecule has 0 atom stereocenters. The first-order chi connectivity index (χ1) is 9.58. The van der Waals surface area contributed by atoms with Gasteiger partial charge in [0.05, 0.1) is 5.69 Å². The highest BCUT2D eigenvalue weighted by atomic mass is 32.1. The summed E-state index contributed by atoms with van der Waals surface area (Å²) in [4.78, 5) is 7.31. The third-order valence-electron chi connectivity index (χ3n) is 2.89. The SMILES string of the molecule is CC(C)CNCc1cnc(N(C)c2ccccc2F)s1. The van der Waals surface area contributed by atoms with Gasteiger partial charge in [0, 0.05) is 24.7 Å². The largest absolute Gasteiger partial charge is 0.318 e. The molecule has 0 aliphatic carbocycles. The van der Waals surface area contributed by atoms with Crippen LogP contribution >= 0.6 is 11.3 Å². The average Bonchev–Trinajstić information content (AvgIpc) is 2.87. The van der Waals surface area contributed by atoms with Gasteiger partial charge in [-0.2, -0.15) is 0 Å². The highest BCUT2D eigenvalue weighted by Crippen LogP contribution is 2.29. The second-order valence-corrected chi connectivity index (χ2v) is 6.24. The Hall–Kier alpha value is -1.46. The second kappa shape index (κ2) is 6.81. The van der Waals surface area contributed by atoms with Crippen LogP contribution < -0.4 is 10.2 Å². The van der Waals surface area contributed by atoms with Crippen molar-refractivity contribution in [1.82, 2.24) is 10.3 Å². The molecule has 0 saturated carbocycles. The Morgan fingerprint density at radius 3 is 2.80 bits per heavy atom. The van der Waals surface area contributed by atoms with Crippen molar-refractivity contribution in [2.75, 3.05) is 18.5 Å². The average molecular weight is 293 g/mol. The van der Waals surface area contributed by atoms with Gasteiger partial charge in [-0.15, -0.1) is 11.3 Å². The molecule has 0 aliphatic heterocycles. The molecule has 1 heterocycles. The summed E-state index contributed by atoms with van der Waals surface area (Å²) < 4.78 is 13.7. The standard InChI is InChI=1S/C15H20FN3S/c1-11(2)8-17-9-12-10-18-15(20-12)19(3)14-7-5-4-6-13(14)16/h4-7,10-11,17H,8-9H2,1-3H3. The van der Waals surface area contributed by atoms with Crippen LogP contribution in [0.1, 0.15) is 18.7 Å². The van der Waals surface area contributed by atoms with E-state index in [9.17, 15) is 4.39 Å². The molecule has 2 rings (SSSR count). The third kappa shape index (κ3) is 3.77. The van der Waals surface area contributed by atoms with Gasteiger partial charge in [0.25, 0.3) is 0 Å². The molecule has 108 valence electrons. The minimum Gasteiger partial charge on any atom is -0.318 e. The van der Waals surface area contributed by atoms with Gasteiger partial charge in [-0.25, -0.2) is 9.37 Å². The topological polar surface area (TPSA) is 28.2 Å². The molecule has 5 heteroatoms. The summed E-state index contributed by atoms with van der Waals surface area (Å²) in [5, 5.41) is 4.18. The van der Waals surface area contributed by atoms with Crippen LogP contribution in [0.4, 0.5) is 15.2 Å². The first-order valence-corrected chi connectivity index (χ1v) is 7.53. The van der Waals surface area contributed by atoms with Crippen molar-refractivity contribution in [2.45, 2.75) is 20.4 Å². The third-order valence-corrected chi connectivity index (χ3v) is 3.97. The van der Waals surface area contributed by atoms with E-state index >= 15 is 0 Å². The predicted molar refractivity (Wildman–Crippen MR) is 83.1 cm³/mol. The highest BCUT2D eigenvalue weighted by molar-refractivity contribution is 7.15. The zero-order chi connectivity index (χ0) is 14.5. The molecule has 2 aromatic rings. The van der Waals surface area contributed by atoms with Gasteiger partial charge in [-0.1, -0.05) is 26.0 Å². The first-order valence-electron chi connectivity index (χ1n) is 6.71. The van der Waals surface area contributed by atoms with Crippen LogP contribution in [0.15, 0.2) is 30.5 Å². The minimum atomic E-state index is -0.232. The van der Waals surface area contributed by atoms with Crippen LogP contribution in [0.5, 0.6) is 0 Å². The maximum absolute atomic E-state index is 13.7. The lowest BCUT2D eigenvalue weighted by Crippen LogP contribution is -2.18. The Kier molecular flexibility index (Phi) is 5.09. The number of nitrogens with zero attached hydrogens (tertiary/aromatic N) is 2. The predicted octanol–water partition coefficient (Wildman–Crippen LogP) is 3.80. The summed E-state index contributed by atoms with van der Waals surface area (Å²) in [5.41, 5.74) is 0.545. The summed E-state index contributed by atoms with van der Waals surface area (Å²) in [6, 6.07) is 6.74. The van der Waals surface area contributed by atoms with E-state index in [1.165, 1.54) is 6.07 Å². The number of hydrogen-bond acceptors (Lipinski definition) is 4. The number of aromatic nitrogens is 1. The smallest absolute Gasteiger partial charge is 0.189 e. The number of para-hydroxylation sites is 1. The minimum absolute atomic E-state index is 0.232. The fourth-order valence-corrected chi connectivity index (χ4v) is 2.70. The van der Waals surface area contributed by atoms with Crippen molar-refractivity contribution in [2.24, 2.45) is 5.92 Å². The van der Waals surface area contributed by atoms with Crippen LogP contribution in [0.2, 0.25) is 0 Å². The number of halogens is 1. The van der Waals surface area contributed by atoms with Crippen molar-refractivity contribution < 1.29 is 4.39 Å². The Labute approximate surface area is 123 Å². The van der Waals surface area contributed by atoms with Crippen LogP contribution in [-0.2, 0) is 6.54 Å². The van der Waals surface area contributed by atoms with Crippen molar-refractivity contribution >= 4 is 22.2 Å². The number of nitrogens with one attached hydrogen (secondary N) is 1. The van der Waals surface area contributed by atoms with Crippen LogP contribution in [0.25, 0.3) is 0 Å². The van der Waals surface area contributed by atoms with E-state index in [1.54, 1.807) is 28.4 Å². The van der Waals surface area contributed by atoms with Gasteiger partial charge in [0.15, 0.2) is 5.13 Å². The zero-order valence-corrected chi connectivity index (χ0v) is 12.9. The number of hydrogen-bond donors (Lipinski definition) is 1. The van der Waals surface area contributed by atoms with E-state index in [1.807, 2.05) is 19.3 Å². The van der Waals surface area contributed by atoms with Gasteiger partial charge in [0.2, 0.25) is 0 Å². The van der Waals surface area contributed by atoms with E-state index in [0.29, 0.717) is 11.6 Å². The lowest BCUT2D eigenvalue weighted by Gasteiger charge is -2.16. The molecule has 1 aromatic carbocycles. The summed E-state index contributed by atoms with van der Waals surface area (Å²) >= 11 is 1.58. The summed E-state index contributed by atoms with van der Waals surface area (Å²) in [6.45, 7) is 6.14. The summed E-state index contributed by atoms with van der Waals surface area (Å²) in [5.74, 6) is 0.396.